The van der Waals surface area contributed by atoms with E-state index < -0.39 is 0 Å². The van der Waals surface area contributed by atoms with E-state index in [0.29, 0.717) is 23.8 Å². The maximum absolute atomic E-state index is 12.9. The molecule has 0 radical (unpaired) electrons. The number of carbonyl (C=O) groups excluding carboxylic acids is 1. The summed E-state index contributed by atoms with van der Waals surface area (Å²) in [6, 6.07) is 25.3. The Kier molecular flexibility index (Phi) is 6.34. The molecule has 0 unspecified atom stereocenters. The molecule has 0 spiro atoms. The van der Waals surface area contributed by atoms with Gasteiger partial charge in [-0.2, -0.15) is 5.21 Å². The monoisotopic (exact) mass is 461 g/mol. The molecule has 0 bridgehead atoms. The molecule has 2 heterocycles. The molecule has 8 nitrogen and oxygen atoms in total. The van der Waals surface area contributed by atoms with E-state index >= 15 is 0 Å². The lowest BCUT2D eigenvalue weighted by molar-refractivity contribution is 0.102. The predicted octanol–water partition coefficient (Wildman–Crippen LogP) is 4.83. The number of aromatic nitrogens is 7. The molecule has 0 aliphatic rings. The number of hydrogen-bond acceptors (Lipinski definition) is 6. The van der Waals surface area contributed by atoms with Gasteiger partial charge in [0.25, 0.3) is 0 Å². The van der Waals surface area contributed by atoms with Crippen LogP contribution in [0.2, 0.25) is 0 Å². The number of rotatable bonds is 8. The smallest absolute Gasteiger partial charge is 0.232 e. The van der Waals surface area contributed by atoms with Crippen molar-refractivity contribution >= 4 is 11.9 Å². The highest BCUT2D eigenvalue weighted by atomic mass is 16.1. The lowest BCUT2D eigenvalue weighted by Gasteiger charge is -2.09. The van der Waals surface area contributed by atoms with Gasteiger partial charge in [-0.05, 0) is 34.4 Å². The first-order valence-electron chi connectivity index (χ1n) is 11.4. The normalized spacial score (nSPS) is 11.2. The number of tetrazole rings is 1. The summed E-state index contributed by atoms with van der Waals surface area (Å²) in [7, 11) is 0. The first kappa shape index (κ1) is 22.1. The number of nitrogens with one attached hydrogen (secondary N) is 1. The second kappa shape index (κ2) is 10.0. The minimum atomic E-state index is -0.191. The highest BCUT2D eigenvalue weighted by Crippen LogP contribution is 2.29. The SMILES string of the molecule is CCC=Cc1nc(C(=O)c2ccccc2)nn1Cc1ccc(-c2ccccc2-c2nn[nH]n2)cc1. The van der Waals surface area contributed by atoms with Gasteiger partial charge >= 0.3 is 0 Å². The average molecular weight is 462 g/mol. The maximum atomic E-state index is 12.9. The quantitative estimate of drug-likeness (QED) is 0.332. The molecular formula is C27H23N7O. The number of ketones is 1. The van der Waals surface area contributed by atoms with Crippen LogP contribution in [-0.2, 0) is 6.54 Å². The fourth-order valence-corrected chi connectivity index (χ4v) is 3.80. The van der Waals surface area contributed by atoms with Crippen molar-refractivity contribution in [2.75, 3.05) is 0 Å². The number of hydrogen-bond donors (Lipinski definition) is 1. The van der Waals surface area contributed by atoms with Crippen LogP contribution < -0.4 is 0 Å². The van der Waals surface area contributed by atoms with E-state index in [4.69, 9.17) is 0 Å². The van der Waals surface area contributed by atoms with Crippen LogP contribution in [0.3, 0.4) is 0 Å². The van der Waals surface area contributed by atoms with Crippen molar-refractivity contribution in [1.29, 1.82) is 0 Å². The van der Waals surface area contributed by atoms with Crippen molar-refractivity contribution in [1.82, 2.24) is 35.4 Å². The molecule has 1 N–H and O–H groups in total. The van der Waals surface area contributed by atoms with Gasteiger partial charge in [0.05, 0.1) is 6.54 Å². The minimum absolute atomic E-state index is 0.191. The van der Waals surface area contributed by atoms with Crippen LogP contribution in [0.1, 0.15) is 40.9 Å². The van der Waals surface area contributed by atoms with Crippen molar-refractivity contribution in [3.63, 3.8) is 0 Å². The van der Waals surface area contributed by atoms with E-state index in [0.717, 1.165) is 28.7 Å². The van der Waals surface area contributed by atoms with Crippen molar-refractivity contribution in [2.24, 2.45) is 0 Å². The third kappa shape index (κ3) is 4.81. The highest BCUT2D eigenvalue weighted by molar-refractivity contribution is 6.06. The Balaban J connectivity index is 1.42. The Hall–Kier alpha value is -4.72. The molecular weight excluding hydrogens is 438 g/mol. The Morgan fingerprint density at radius 2 is 1.69 bits per heavy atom. The van der Waals surface area contributed by atoms with Gasteiger partial charge in [-0.15, -0.1) is 15.3 Å². The van der Waals surface area contributed by atoms with Crippen molar-refractivity contribution in [3.05, 3.63) is 108 Å². The van der Waals surface area contributed by atoms with Gasteiger partial charge in [0, 0.05) is 11.1 Å². The molecule has 8 heteroatoms. The molecule has 0 amide bonds. The van der Waals surface area contributed by atoms with Crippen molar-refractivity contribution in [3.8, 4) is 22.5 Å². The van der Waals surface area contributed by atoms with Crippen LogP contribution in [0.4, 0.5) is 0 Å². The van der Waals surface area contributed by atoms with Crippen molar-refractivity contribution in [2.45, 2.75) is 19.9 Å². The van der Waals surface area contributed by atoms with Crippen LogP contribution in [0, 0.1) is 0 Å². The zero-order chi connectivity index (χ0) is 24.0. The predicted molar refractivity (Wildman–Crippen MR) is 133 cm³/mol. The van der Waals surface area contributed by atoms with Crippen LogP contribution in [-0.4, -0.2) is 41.2 Å². The molecule has 5 aromatic rings. The van der Waals surface area contributed by atoms with E-state index in [1.807, 2.05) is 54.6 Å². The number of aromatic amines is 1. The topological polar surface area (TPSA) is 102 Å². The van der Waals surface area contributed by atoms with Gasteiger partial charge in [0.15, 0.2) is 5.82 Å². The summed E-state index contributed by atoms with van der Waals surface area (Å²) >= 11 is 0. The molecule has 172 valence electrons. The number of H-pyrrole nitrogens is 1. The largest absolute Gasteiger partial charge is 0.285 e. The molecule has 3 aromatic carbocycles. The molecule has 0 atom stereocenters. The summed E-state index contributed by atoms with van der Waals surface area (Å²) in [4.78, 5) is 17.4. The van der Waals surface area contributed by atoms with Crippen LogP contribution in [0.5, 0.6) is 0 Å². The number of nitrogens with zero attached hydrogens (tertiary/aromatic N) is 6. The Morgan fingerprint density at radius 3 is 2.40 bits per heavy atom. The lowest BCUT2D eigenvalue weighted by Crippen LogP contribution is -2.07. The summed E-state index contributed by atoms with van der Waals surface area (Å²) in [5.74, 6) is 1.20. The molecule has 0 saturated heterocycles. The van der Waals surface area contributed by atoms with Crippen LogP contribution in [0.15, 0.2) is 84.9 Å². The molecule has 0 aliphatic carbocycles. The summed E-state index contributed by atoms with van der Waals surface area (Å²) in [6.45, 7) is 2.55. The molecule has 0 aliphatic heterocycles. The van der Waals surface area contributed by atoms with Gasteiger partial charge in [-0.1, -0.05) is 91.9 Å². The van der Waals surface area contributed by atoms with Gasteiger partial charge in [0.1, 0.15) is 0 Å². The van der Waals surface area contributed by atoms with Gasteiger partial charge in [-0.3, -0.25) is 4.79 Å². The Morgan fingerprint density at radius 1 is 0.943 bits per heavy atom. The minimum Gasteiger partial charge on any atom is -0.285 e. The van der Waals surface area contributed by atoms with Gasteiger partial charge in [-0.25, -0.2) is 9.67 Å². The molecule has 2 aromatic heterocycles. The summed E-state index contributed by atoms with van der Waals surface area (Å²) in [5.41, 5.74) is 4.57. The second-order valence-electron chi connectivity index (χ2n) is 7.93. The number of carbonyl (C=O) groups is 1. The fraction of sp³-hybridized carbons (Fsp3) is 0.111. The zero-order valence-electron chi connectivity index (χ0n) is 19.2. The summed E-state index contributed by atoms with van der Waals surface area (Å²) in [5, 5.41) is 19.0. The zero-order valence-corrected chi connectivity index (χ0v) is 19.2. The van der Waals surface area contributed by atoms with Crippen LogP contribution in [0.25, 0.3) is 28.6 Å². The standard InChI is InChI=1S/C27H23N7O/c1-2-3-13-24-28-27(25(35)21-9-5-4-6-10-21)31-34(24)18-19-14-16-20(17-15-19)22-11-7-8-12-23(22)26-29-32-33-30-26/h3-17H,2,18H2,1H3,(H,29,30,32,33). The number of benzene rings is 3. The molecule has 5 rings (SSSR count). The summed E-state index contributed by atoms with van der Waals surface area (Å²) in [6.07, 6.45) is 4.78. The molecule has 35 heavy (non-hydrogen) atoms. The average Bonchev–Trinajstić information content (AvgIpc) is 3.59. The van der Waals surface area contributed by atoms with Crippen molar-refractivity contribution < 1.29 is 4.79 Å². The maximum Gasteiger partial charge on any atom is 0.232 e. The third-order valence-corrected chi connectivity index (χ3v) is 5.55. The molecule has 0 fully saturated rings. The van der Waals surface area contributed by atoms with E-state index in [2.05, 4.69) is 61.9 Å². The summed E-state index contributed by atoms with van der Waals surface area (Å²) < 4.78 is 1.77. The fourth-order valence-electron chi connectivity index (χ4n) is 3.80. The number of allylic oxidation sites excluding steroid dienone is 1. The first-order valence-corrected chi connectivity index (χ1v) is 11.4. The van der Waals surface area contributed by atoms with Crippen LogP contribution >= 0.6 is 0 Å². The van der Waals surface area contributed by atoms with E-state index in [9.17, 15) is 4.79 Å². The molecule has 0 saturated carbocycles. The Labute approximate surface area is 202 Å². The Bertz CT molecular complexity index is 1450. The first-order chi connectivity index (χ1) is 17.2. The third-order valence-electron chi connectivity index (χ3n) is 5.55. The van der Waals surface area contributed by atoms with E-state index in [-0.39, 0.29) is 11.6 Å². The van der Waals surface area contributed by atoms with E-state index in [1.165, 1.54) is 0 Å². The van der Waals surface area contributed by atoms with E-state index in [1.54, 1.807) is 16.8 Å². The van der Waals surface area contributed by atoms with Gasteiger partial charge < -0.3 is 0 Å². The lowest BCUT2D eigenvalue weighted by atomic mass is 9.98. The van der Waals surface area contributed by atoms with Gasteiger partial charge in [0.2, 0.25) is 17.4 Å². The highest BCUT2D eigenvalue weighted by Gasteiger charge is 2.17. The second-order valence-corrected chi connectivity index (χ2v) is 7.93.